The van der Waals surface area contributed by atoms with E-state index in [4.69, 9.17) is 10.7 Å². The summed E-state index contributed by atoms with van der Waals surface area (Å²) in [6.45, 7) is 0. The lowest BCUT2D eigenvalue weighted by atomic mass is 10.1. The molecular weight excluding hydrogens is 298 g/mol. The second-order valence-corrected chi connectivity index (χ2v) is 7.14. The predicted octanol–water partition coefficient (Wildman–Crippen LogP) is 3.07. The fourth-order valence-electron chi connectivity index (χ4n) is 2.43. The Labute approximate surface area is 120 Å². The van der Waals surface area contributed by atoms with Crippen molar-refractivity contribution >= 4 is 47.8 Å². The summed E-state index contributed by atoms with van der Waals surface area (Å²) < 4.78 is 24.8. The van der Waals surface area contributed by atoms with Crippen molar-refractivity contribution in [3.05, 3.63) is 42.0 Å². The molecule has 3 aromatic rings. The van der Waals surface area contributed by atoms with E-state index < -0.39 is 9.05 Å². The van der Waals surface area contributed by atoms with Gasteiger partial charge in [-0.3, -0.25) is 4.79 Å². The van der Waals surface area contributed by atoms with Crippen LogP contribution in [0.1, 0.15) is 10.4 Å². The number of aromatic nitrogens is 1. The molecule has 0 aliphatic heterocycles. The van der Waals surface area contributed by atoms with E-state index >= 15 is 0 Å². The van der Waals surface area contributed by atoms with E-state index in [9.17, 15) is 13.2 Å². The average Bonchev–Trinajstić information content (AvgIpc) is 2.70. The second kappa shape index (κ2) is 4.33. The van der Waals surface area contributed by atoms with Crippen LogP contribution < -0.4 is 0 Å². The van der Waals surface area contributed by atoms with Gasteiger partial charge < -0.3 is 4.57 Å². The number of nitrogens with zero attached hydrogens (tertiary/aromatic N) is 1. The molecule has 0 saturated carbocycles. The fourth-order valence-corrected chi connectivity index (χ4v) is 3.21. The second-order valence-electron chi connectivity index (χ2n) is 4.57. The topological polar surface area (TPSA) is 56.1 Å². The van der Waals surface area contributed by atoms with Crippen molar-refractivity contribution < 1.29 is 13.2 Å². The van der Waals surface area contributed by atoms with Crippen molar-refractivity contribution in [2.75, 3.05) is 0 Å². The average molecular weight is 308 g/mol. The Morgan fingerprint density at radius 2 is 1.80 bits per heavy atom. The molecule has 0 amide bonds. The highest BCUT2D eigenvalue weighted by Crippen LogP contribution is 2.31. The summed E-state index contributed by atoms with van der Waals surface area (Å²) in [5, 5.41) is 1.68. The Hall–Kier alpha value is -1.85. The van der Waals surface area contributed by atoms with Crippen LogP contribution in [0.25, 0.3) is 21.8 Å². The lowest BCUT2D eigenvalue weighted by Gasteiger charge is -1.99. The van der Waals surface area contributed by atoms with E-state index in [1.165, 1.54) is 6.07 Å². The highest BCUT2D eigenvalue weighted by atomic mass is 35.7. The quantitative estimate of drug-likeness (QED) is 0.540. The third-order valence-electron chi connectivity index (χ3n) is 3.42. The Kier molecular flexibility index (Phi) is 2.84. The zero-order valence-electron chi connectivity index (χ0n) is 10.5. The van der Waals surface area contributed by atoms with Gasteiger partial charge in [0.15, 0.2) is 0 Å². The monoisotopic (exact) mass is 307 g/mol. The minimum atomic E-state index is -3.76. The van der Waals surface area contributed by atoms with Gasteiger partial charge in [-0.15, -0.1) is 0 Å². The summed E-state index contributed by atoms with van der Waals surface area (Å²) in [6, 6.07) is 10.0. The molecule has 0 aliphatic carbocycles. The van der Waals surface area contributed by atoms with Crippen LogP contribution in [0.5, 0.6) is 0 Å². The number of carbonyl (C=O) groups is 1. The van der Waals surface area contributed by atoms with E-state index in [1.807, 2.05) is 17.7 Å². The van der Waals surface area contributed by atoms with Gasteiger partial charge in [0, 0.05) is 45.1 Å². The molecule has 0 spiro atoms. The van der Waals surface area contributed by atoms with Crippen LogP contribution in [0.15, 0.2) is 41.3 Å². The highest BCUT2D eigenvalue weighted by Gasteiger charge is 2.14. The molecule has 0 unspecified atom stereocenters. The first-order chi connectivity index (χ1) is 9.41. The Bertz CT molecular complexity index is 957. The van der Waals surface area contributed by atoms with Gasteiger partial charge in [-0.25, -0.2) is 8.42 Å². The molecule has 6 heteroatoms. The number of halogens is 1. The number of hydrogen-bond donors (Lipinski definition) is 0. The van der Waals surface area contributed by atoms with Crippen molar-refractivity contribution in [2.45, 2.75) is 4.90 Å². The minimum absolute atomic E-state index is 0.0682. The van der Waals surface area contributed by atoms with Gasteiger partial charge in [0.1, 0.15) is 6.29 Å². The van der Waals surface area contributed by atoms with Crippen molar-refractivity contribution in [1.29, 1.82) is 0 Å². The van der Waals surface area contributed by atoms with Crippen LogP contribution in [0.2, 0.25) is 0 Å². The van der Waals surface area contributed by atoms with E-state index in [0.717, 1.165) is 28.1 Å². The highest BCUT2D eigenvalue weighted by molar-refractivity contribution is 8.13. The first-order valence-electron chi connectivity index (χ1n) is 5.84. The third-order valence-corrected chi connectivity index (χ3v) is 4.77. The zero-order valence-corrected chi connectivity index (χ0v) is 12.1. The van der Waals surface area contributed by atoms with Crippen LogP contribution in [0.4, 0.5) is 0 Å². The molecule has 4 nitrogen and oxygen atoms in total. The molecule has 0 bridgehead atoms. The maximum absolute atomic E-state index is 11.4. The summed E-state index contributed by atoms with van der Waals surface area (Å²) in [5.41, 5.74) is 2.33. The lowest BCUT2D eigenvalue weighted by molar-refractivity contribution is 0.112. The van der Waals surface area contributed by atoms with Gasteiger partial charge in [0.2, 0.25) is 0 Å². The lowest BCUT2D eigenvalue weighted by Crippen LogP contribution is -1.91. The fraction of sp³-hybridized carbons (Fsp3) is 0.0714. The molecule has 0 N–H and O–H groups in total. The summed E-state index contributed by atoms with van der Waals surface area (Å²) in [5.74, 6) is 0. The molecule has 0 aliphatic rings. The third kappa shape index (κ3) is 1.90. The number of benzene rings is 2. The largest absolute Gasteiger partial charge is 0.344 e. The van der Waals surface area contributed by atoms with E-state index in [1.54, 1.807) is 24.3 Å². The predicted molar refractivity (Wildman–Crippen MR) is 78.9 cm³/mol. The summed E-state index contributed by atoms with van der Waals surface area (Å²) in [4.78, 5) is 10.9. The number of carbonyl (C=O) groups excluding carboxylic acids is 1. The number of hydrogen-bond acceptors (Lipinski definition) is 3. The SMILES string of the molecule is Cn1c2ccc(S(=O)(=O)Cl)cc2c2ccc(C=O)cc21. The molecule has 0 atom stereocenters. The van der Waals surface area contributed by atoms with E-state index in [-0.39, 0.29) is 4.90 Å². The summed E-state index contributed by atoms with van der Waals surface area (Å²) >= 11 is 0. The molecule has 0 radical (unpaired) electrons. The number of fused-ring (bicyclic) bond motifs is 3. The van der Waals surface area contributed by atoms with Crippen molar-refractivity contribution in [2.24, 2.45) is 7.05 Å². The van der Waals surface area contributed by atoms with E-state index in [2.05, 4.69) is 0 Å². The molecule has 20 heavy (non-hydrogen) atoms. The van der Waals surface area contributed by atoms with Gasteiger partial charge >= 0.3 is 0 Å². The summed E-state index contributed by atoms with van der Waals surface area (Å²) in [6.07, 6.45) is 0.783. The Balaban J connectivity index is 2.46. The maximum Gasteiger partial charge on any atom is 0.261 e. The van der Waals surface area contributed by atoms with Gasteiger partial charge in [-0.05, 0) is 24.3 Å². The molecule has 1 aromatic heterocycles. The zero-order chi connectivity index (χ0) is 14.5. The number of aldehydes is 1. The van der Waals surface area contributed by atoms with Crippen LogP contribution in [0, 0.1) is 0 Å². The molecule has 0 fully saturated rings. The van der Waals surface area contributed by atoms with Crippen molar-refractivity contribution in [3.8, 4) is 0 Å². The maximum atomic E-state index is 11.4. The van der Waals surface area contributed by atoms with Crippen molar-refractivity contribution in [1.82, 2.24) is 4.57 Å². The molecule has 2 aromatic carbocycles. The first kappa shape index (κ1) is 13.1. The standard InChI is InChI=1S/C14H10ClNO3S/c1-16-13-5-3-10(20(15,18)19)7-12(13)11-4-2-9(8-17)6-14(11)16/h2-8H,1H3. The smallest absolute Gasteiger partial charge is 0.261 e. The molecule has 0 saturated heterocycles. The van der Waals surface area contributed by atoms with Crippen LogP contribution >= 0.6 is 10.7 Å². The van der Waals surface area contributed by atoms with Gasteiger partial charge in [-0.1, -0.05) is 12.1 Å². The normalized spacial score (nSPS) is 12.1. The number of aryl methyl sites for hydroxylation is 1. The summed E-state index contributed by atoms with van der Waals surface area (Å²) in [7, 11) is 3.49. The van der Waals surface area contributed by atoms with Gasteiger partial charge in [-0.2, -0.15) is 0 Å². The minimum Gasteiger partial charge on any atom is -0.344 e. The van der Waals surface area contributed by atoms with Gasteiger partial charge in [0.25, 0.3) is 9.05 Å². The van der Waals surface area contributed by atoms with Crippen LogP contribution in [-0.4, -0.2) is 19.3 Å². The molecule has 1 heterocycles. The molecule has 3 rings (SSSR count). The van der Waals surface area contributed by atoms with Crippen molar-refractivity contribution in [3.63, 3.8) is 0 Å². The van der Waals surface area contributed by atoms with Gasteiger partial charge in [0.05, 0.1) is 4.90 Å². The van der Waals surface area contributed by atoms with Crippen LogP contribution in [0.3, 0.4) is 0 Å². The molecular formula is C14H10ClNO3S. The van der Waals surface area contributed by atoms with Crippen LogP contribution in [-0.2, 0) is 16.1 Å². The first-order valence-corrected chi connectivity index (χ1v) is 8.15. The Morgan fingerprint density at radius 1 is 1.05 bits per heavy atom. The van der Waals surface area contributed by atoms with E-state index in [0.29, 0.717) is 5.56 Å². The molecule has 102 valence electrons. The number of rotatable bonds is 2. The Morgan fingerprint density at radius 3 is 2.45 bits per heavy atom.